The lowest BCUT2D eigenvalue weighted by Gasteiger charge is -2.08. The van der Waals surface area contributed by atoms with Gasteiger partial charge in [-0.2, -0.15) is 5.26 Å². The molecule has 0 aliphatic rings. The fraction of sp³-hybridized carbons (Fsp3) is 0.214. The van der Waals surface area contributed by atoms with Crippen molar-refractivity contribution in [3.05, 3.63) is 47.5 Å². The van der Waals surface area contributed by atoms with Gasteiger partial charge in [0.25, 0.3) is 0 Å². The minimum atomic E-state index is -0.602. The largest absolute Gasteiger partial charge is 0.342 e. The maximum absolute atomic E-state index is 10.9. The van der Waals surface area contributed by atoms with Crippen molar-refractivity contribution in [2.24, 2.45) is 0 Å². The first-order chi connectivity index (χ1) is 8.22. The molecule has 0 amide bonds. The molecule has 0 atom stereocenters. The number of aryl methyl sites for hydroxylation is 2. The number of hydrogen-bond donors (Lipinski definition) is 1. The van der Waals surface area contributed by atoms with Gasteiger partial charge in [-0.05, 0) is 35.2 Å². The van der Waals surface area contributed by atoms with Crippen LogP contribution in [0.15, 0.2) is 36.4 Å². The summed E-state index contributed by atoms with van der Waals surface area (Å²) in [6, 6.07) is 12.2. The second-order valence-electron chi connectivity index (χ2n) is 4.05. The summed E-state index contributed by atoms with van der Waals surface area (Å²) in [6.45, 7) is 2.06. The number of rotatable bonds is 3. The molecule has 0 aromatic heterocycles. The first-order valence-electron chi connectivity index (χ1n) is 5.54. The predicted molar refractivity (Wildman–Crippen MR) is 65.7 cm³/mol. The molecule has 0 heterocycles. The monoisotopic (exact) mass is 230 g/mol. The van der Waals surface area contributed by atoms with Gasteiger partial charge in [0.05, 0.1) is 6.42 Å². The van der Waals surface area contributed by atoms with Gasteiger partial charge in [-0.25, -0.2) is 4.79 Å². The standard InChI is InChI=1S/C14H14O3/c1-10-6-7-11(8-9-14(15)17-16)13-5-3-2-4-12(10)13/h2-7,16H,8-9H2,1H3. The summed E-state index contributed by atoms with van der Waals surface area (Å²) >= 11 is 0. The van der Waals surface area contributed by atoms with E-state index in [1.807, 2.05) is 30.3 Å². The van der Waals surface area contributed by atoms with Crippen molar-refractivity contribution in [2.75, 3.05) is 0 Å². The normalized spacial score (nSPS) is 10.5. The van der Waals surface area contributed by atoms with Crippen molar-refractivity contribution in [1.29, 1.82) is 0 Å². The lowest BCUT2D eigenvalue weighted by molar-refractivity contribution is -0.234. The van der Waals surface area contributed by atoms with Crippen LogP contribution < -0.4 is 0 Å². The zero-order valence-electron chi connectivity index (χ0n) is 9.64. The van der Waals surface area contributed by atoms with Gasteiger partial charge in [-0.1, -0.05) is 36.4 Å². The van der Waals surface area contributed by atoms with Crippen molar-refractivity contribution >= 4 is 16.7 Å². The SMILES string of the molecule is Cc1ccc(CCC(=O)OO)c2ccccc12. The van der Waals surface area contributed by atoms with Gasteiger partial charge in [-0.3, -0.25) is 0 Å². The Morgan fingerprint density at radius 1 is 1.18 bits per heavy atom. The quantitative estimate of drug-likeness (QED) is 0.651. The van der Waals surface area contributed by atoms with Gasteiger partial charge in [0.2, 0.25) is 0 Å². The number of benzene rings is 2. The Morgan fingerprint density at radius 2 is 1.88 bits per heavy atom. The third-order valence-electron chi connectivity index (χ3n) is 2.93. The van der Waals surface area contributed by atoms with Crippen molar-refractivity contribution < 1.29 is 14.9 Å². The topological polar surface area (TPSA) is 46.5 Å². The zero-order chi connectivity index (χ0) is 12.3. The van der Waals surface area contributed by atoms with E-state index < -0.39 is 5.97 Å². The fourth-order valence-electron chi connectivity index (χ4n) is 2.01. The maximum Gasteiger partial charge on any atom is 0.342 e. The molecule has 0 fully saturated rings. The van der Waals surface area contributed by atoms with Crippen molar-refractivity contribution in [2.45, 2.75) is 19.8 Å². The molecule has 0 saturated carbocycles. The number of hydrogen-bond acceptors (Lipinski definition) is 3. The summed E-state index contributed by atoms with van der Waals surface area (Å²) < 4.78 is 0. The smallest absolute Gasteiger partial charge is 0.301 e. The van der Waals surface area contributed by atoms with Gasteiger partial charge in [-0.15, -0.1) is 0 Å². The van der Waals surface area contributed by atoms with Crippen molar-refractivity contribution in [3.63, 3.8) is 0 Å². The summed E-state index contributed by atoms with van der Waals surface area (Å²) in [6.07, 6.45) is 0.754. The molecule has 0 aliphatic carbocycles. The van der Waals surface area contributed by atoms with Crippen LogP contribution >= 0.6 is 0 Å². The number of fused-ring (bicyclic) bond motifs is 1. The van der Waals surface area contributed by atoms with Gasteiger partial charge >= 0.3 is 5.97 Å². The molecule has 88 valence electrons. The van der Waals surface area contributed by atoms with Crippen LogP contribution in [0.1, 0.15) is 17.5 Å². The molecule has 0 spiro atoms. The number of carbonyl (C=O) groups excluding carboxylic acids is 1. The minimum Gasteiger partial charge on any atom is -0.301 e. The molecule has 1 N–H and O–H groups in total. The second-order valence-corrected chi connectivity index (χ2v) is 4.05. The predicted octanol–water partition coefficient (Wildman–Crippen LogP) is 3.10. The van der Waals surface area contributed by atoms with E-state index in [0.29, 0.717) is 6.42 Å². The summed E-state index contributed by atoms with van der Waals surface area (Å²) in [4.78, 5) is 14.6. The van der Waals surface area contributed by atoms with Crippen molar-refractivity contribution in [3.8, 4) is 0 Å². The summed E-state index contributed by atoms with van der Waals surface area (Å²) in [5.74, 6) is -0.602. The summed E-state index contributed by atoms with van der Waals surface area (Å²) in [7, 11) is 0. The molecule has 0 radical (unpaired) electrons. The molecular weight excluding hydrogens is 216 g/mol. The van der Waals surface area contributed by atoms with Crippen LogP contribution in [0.3, 0.4) is 0 Å². The van der Waals surface area contributed by atoms with Crippen LogP contribution in [0, 0.1) is 6.92 Å². The van der Waals surface area contributed by atoms with Crippen LogP contribution in [0.5, 0.6) is 0 Å². The summed E-state index contributed by atoms with van der Waals surface area (Å²) in [5.41, 5.74) is 2.31. The molecule has 0 saturated heterocycles. The second kappa shape index (κ2) is 4.97. The molecule has 2 rings (SSSR count). The van der Waals surface area contributed by atoms with E-state index in [1.54, 1.807) is 0 Å². The molecular formula is C14H14O3. The fourth-order valence-corrected chi connectivity index (χ4v) is 2.01. The average molecular weight is 230 g/mol. The lowest BCUT2D eigenvalue weighted by atomic mass is 9.98. The van der Waals surface area contributed by atoms with Gasteiger partial charge in [0.15, 0.2) is 0 Å². The third kappa shape index (κ3) is 2.45. The van der Waals surface area contributed by atoms with E-state index in [9.17, 15) is 4.79 Å². The molecule has 0 bridgehead atoms. The first-order valence-corrected chi connectivity index (χ1v) is 5.54. The Hall–Kier alpha value is -1.87. The third-order valence-corrected chi connectivity index (χ3v) is 2.93. The Bertz CT molecular complexity index is 546. The van der Waals surface area contributed by atoms with Crippen LogP contribution in [-0.4, -0.2) is 11.2 Å². The zero-order valence-corrected chi connectivity index (χ0v) is 9.64. The van der Waals surface area contributed by atoms with Gasteiger partial charge < -0.3 is 4.89 Å². The average Bonchev–Trinajstić information content (AvgIpc) is 2.38. The van der Waals surface area contributed by atoms with E-state index in [4.69, 9.17) is 5.26 Å². The van der Waals surface area contributed by atoms with E-state index in [0.717, 1.165) is 10.9 Å². The lowest BCUT2D eigenvalue weighted by Crippen LogP contribution is -2.02. The molecule has 2 aromatic rings. The Labute approximate surface area is 99.6 Å². The highest BCUT2D eigenvalue weighted by Crippen LogP contribution is 2.23. The molecule has 17 heavy (non-hydrogen) atoms. The molecule has 3 nitrogen and oxygen atoms in total. The highest BCUT2D eigenvalue weighted by Gasteiger charge is 2.07. The first kappa shape index (κ1) is 11.6. The van der Waals surface area contributed by atoms with Crippen molar-refractivity contribution in [1.82, 2.24) is 0 Å². The highest BCUT2D eigenvalue weighted by molar-refractivity contribution is 5.88. The van der Waals surface area contributed by atoms with E-state index in [-0.39, 0.29) is 6.42 Å². The Balaban J connectivity index is 2.35. The molecule has 3 heteroatoms. The van der Waals surface area contributed by atoms with E-state index >= 15 is 0 Å². The van der Waals surface area contributed by atoms with Gasteiger partial charge in [0, 0.05) is 0 Å². The Morgan fingerprint density at radius 3 is 2.59 bits per heavy atom. The van der Waals surface area contributed by atoms with Crippen LogP contribution in [0.4, 0.5) is 0 Å². The Kier molecular flexibility index (Phi) is 3.40. The highest BCUT2D eigenvalue weighted by atomic mass is 17.1. The van der Waals surface area contributed by atoms with Crippen LogP contribution in [-0.2, 0) is 16.1 Å². The minimum absolute atomic E-state index is 0.184. The van der Waals surface area contributed by atoms with Gasteiger partial charge in [0.1, 0.15) is 0 Å². The molecule has 0 unspecified atom stereocenters. The summed E-state index contributed by atoms with van der Waals surface area (Å²) in [5, 5.41) is 10.6. The van der Waals surface area contributed by atoms with E-state index in [1.165, 1.54) is 10.9 Å². The van der Waals surface area contributed by atoms with E-state index in [2.05, 4.69) is 17.9 Å². The molecule has 0 aliphatic heterocycles. The van der Waals surface area contributed by atoms with Crippen LogP contribution in [0.25, 0.3) is 10.8 Å². The maximum atomic E-state index is 10.9. The molecule has 2 aromatic carbocycles. The van der Waals surface area contributed by atoms with Crippen LogP contribution in [0.2, 0.25) is 0 Å². The number of carbonyl (C=O) groups is 1.